The molecule has 1 aromatic heterocycles. The van der Waals surface area contributed by atoms with E-state index >= 15 is 0 Å². The van der Waals surface area contributed by atoms with Crippen molar-refractivity contribution in [2.45, 2.75) is 13.8 Å². The van der Waals surface area contributed by atoms with Gasteiger partial charge in [-0.1, -0.05) is 29.3 Å². The molecule has 0 radical (unpaired) electrons. The SMILES string of the molecule is COc1ccc(-c2oc3c(C)cc(C)cc3c(=O)c2OCC(=O)c2ccc(Cl)cc2Cl)cc1OC. The number of Topliss-reactive ketones (excluding diaryl/α,β-unsaturated/α-hetero) is 1. The third kappa shape index (κ3) is 4.85. The van der Waals surface area contributed by atoms with Crippen LogP contribution in [-0.4, -0.2) is 26.6 Å². The molecular weight excluding hydrogens is 491 g/mol. The summed E-state index contributed by atoms with van der Waals surface area (Å²) < 4.78 is 22.8. The van der Waals surface area contributed by atoms with E-state index in [1.807, 2.05) is 19.9 Å². The van der Waals surface area contributed by atoms with Crippen molar-refractivity contribution in [2.24, 2.45) is 0 Å². The minimum Gasteiger partial charge on any atom is -0.493 e. The zero-order valence-electron chi connectivity index (χ0n) is 19.5. The summed E-state index contributed by atoms with van der Waals surface area (Å²) in [5.41, 5.74) is 2.50. The van der Waals surface area contributed by atoms with Crippen molar-refractivity contribution < 1.29 is 23.4 Å². The van der Waals surface area contributed by atoms with Gasteiger partial charge in [0.25, 0.3) is 0 Å². The molecule has 180 valence electrons. The second-order valence-corrected chi connectivity index (χ2v) is 8.80. The van der Waals surface area contributed by atoms with E-state index in [2.05, 4.69) is 0 Å². The molecule has 0 aliphatic carbocycles. The molecule has 0 unspecified atom stereocenters. The first-order valence-corrected chi connectivity index (χ1v) is 11.4. The molecular formula is C27H22Cl2O6. The Kier molecular flexibility index (Phi) is 7.05. The van der Waals surface area contributed by atoms with Crippen LogP contribution in [0.4, 0.5) is 0 Å². The van der Waals surface area contributed by atoms with Crippen molar-refractivity contribution in [3.8, 4) is 28.6 Å². The highest BCUT2D eigenvalue weighted by Gasteiger charge is 2.22. The van der Waals surface area contributed by atoms with E-state index in [0.717, 1.165) is 11.1 Å². The van der Waals surface area contributed by atoms with Gasteiger partial charge in [-0.25, -0.2) is 0 Å². The maximum absolute atomic E-state index is 13.6. The molecule has 8 heteroatoms. The van der Waals surface area contributed by atoms with Crippen LogP contribution in [0.3, 0.4) is 0 Å². The molecule has 0 N–H and O–H groups in total. The predicted molar refractivity (Wildman–Crippen MR) is 137 cm³/mol. The monoisotopic (exact) mass is 512 g/mol. The van der Waals surface area contributed by atoms with Crippen molar-refractivity contribution in [3.05, 3.63) is 85.5 Å². The zero-order chi connectivity index (χ0) is 25.3. The van der Waals surface area contributed by atoms with Crippen LogP contribution in [-0.2, 0) is 0 Å². The number of carbonyl (C=O) groups excluding carboxylic acids is 1. The molecule has 4 aromatic rings. The number of hydrogen-bond acceptors (Lipinski definition) is 6. The van der Waals surface area contributed by atoms with Crippen LogP contribution in [0.15, 0.2) is 57.7 Å². The Morgan fingerprint density at radius 1 is 0.943 bits per heavy atom. The summed E-state index contributed by atoms with van der Waals surface area (Å²) in [4.78, 5) is 26.4. The average Bonchev–Trinajstić information content (AvgIpc) is 2.83. The minimum atomic E-state index is -0.428. The molecule has 0 bridgehead atoms. The maximum atomic E-state index is 13.6. The molecule has 0 saturated carbocycles. The number of ketones is 1. The van der Waals surface area contributed by atoms with Crippen molar-refractivity contribution in [2.75, 3.05) is 20.8 Å². The molecule has 1 heterocycles. The van der Waals surface area contributed by atoms with Crippen LogP contribution in [0.1, 0.15) is 21.5 Å². The fourth-order valence-electron chi connectivity index (χ4n) is 3.86. The third-order valence-corrected chi connectivity index (χ3v) is 6.05. The van der Waals surface area contributed by atoms with E-state index < -0.39 is 17.8 Å². The number of fused-ring (bicyclic) bond motifs is 1. The lowest BCUT2D eigenvalue weighted by Gasteiger charge is -2.14. The van der Waals surface area contributed by atoms with Gasteiger partial charge in [-0.05, 0) is 67.4 Å². The lowest BCUT2D eigenvalue weighted by molar-refractivity contribution is 0.0920. The highest BCUT2D eigenvalue weighted by molar-refractivity contribution is 6.36. The van der Waals surface area contributed by atoms with Crippen LogP contribution in [0, 0.1) is 13.8 Å². The van der Waals surface area contributed by atoms with Crippen LogP contribution in [0.25, 0.3) is 22.3 Å². The predicted octanol–water partition coefficient (Wildman–Crippen LogP) is 6.66. The van der Waals surface area contributed by atoms with Gasteiger partial charge in [-0.15, -0.1) is 0 Å². The second-order valence-electron chi connectivity index (χ2n) is 7.95. The first-order valence-electron chi connectivity index (χ1n) is 10.6. The smallest absolute Gasteiger partial charge is 0.235 e. The van der Waals surface area contributed by atoms with Crippen molar-refractivity contribution in [3.63, 3.8) is 0 Å². The van der Waals surface area contributed by atoms with Gasteiger partial charge in [0, 0.05) is 16.1 Å². The maximum Gasteiger partial charge on any atom is 0.235 e. The van der Waals surface area contributed by atoms with E-state index in [0.29, 0.717) is 33.1 Å². The summed E-state index contributed by atoms with van der Waals surface area (Å²) in [6, 6.07) is 13.3. The highest BCUT2D eigenvalue weighted by Crippen LogP contribution is 2.37. The number of carbonyl (C=O) groups is 1. The zero-order valence-corrected chi connectivity index (χ0v) is 21.0. The largest absolute Gasteiger partial charge is 0.493 e. The lowest BCUT2D eigenvalue weighted by atomic mass is 10.0. The first-order chi connectivity index (χ1) is 16.7. The Labute approximate surface area is 211 Å². The molecule has 35 heavy (non-hydrogen) atoms. The average molecular weight is 513 g/mol. The van der Waals surface area contributed by atoms with E-state index in [1.165, 1.54) is 26.4 Å². The van der Waals surface area contributed by atoms with Crippen LogP contribution in [0.5, 0.6) is 17.2 Å². The standard InChI is InChI=1S/C27H22Cl2O6/c1-14-9-15(2)25-19(10-14)24(31)27(34-13-21(30)18-7-6-17(28)12-20(18)29)26(35-25)16-5-8-22(32-3)23(11-16)33-4/h5-12H,13H2,1-4H3. The molecule has 3 aromatic carbocycles. The van der Waals surface area contributed by atoms with Gasteiger partial charge in [-0.2, -0.15) is 0 Å². The number of methoxy groups -OCH3 is 2. The summed E-state index contributed by atoms with van der Waals surface area (Å²) in [5.74, 6) is 0.632. The summed E-state index contributed by atoms with van der Waals surface area (Å²) >= 11 is 12.1. The number of rotatable bonds is 7. The molecule has 6 nitrogen and oxygen atoms in total. The van der Waals surface area contributed by atoms with E-state index in [1.54, 1.807) is 30.3 Å². The Bertz CT molecular complexity index is 1510. The molecule has 0 aliphatic rings. The first kappa shape index (κ1) is 24.6. The fourth-order valence-corrected chi connectivity index (χ4v) is 4.38. The van der Waals surface area contributed by atoms with Crippen LogP contribution >= 0.6 is 23.2 Å². The van der Waals surface area contributed by atoms with Gasteiger partial charge in [-0.3, -0.25) is 9.59 Å². The van der Waals surface area contributed by atoms with Gasteiger partial charge in [0.15, 0.2) is 23.9 Å². The molecule has 0 fully saturated rings. The lowest BCUT2D eigenvalue weighted by Crippen LogP contribution is -2.17. The normalized spacial score (nSPS) is 10.9. The van der Waals surface area contributed by atoms with Gasteiger partial charge in [0.1, 0.15) is 5.58 Å². The highest BCUT2D eigenvalue weighted by atomic mass is 35.5. The number of hydrogen-bond donors (Lipinski definition) is 0. The quantitative estimate of drug-likeness (QED) is 0.257. The number of ether oxygens (including phenoxy) is 3. The molecule has 0 amide bonds. The Morgan fingerprint density at radius 2 is 1.69 bits per heavy atom. The molecule has 0 spiro atoms. The van der Waals surface area contributed by atoms with Gasteiger partial charge in [0.05, 0.1) is 24.6 Å². The Balaban J connectivity index is 1.85. The van der Waals surface area contributed by atoms with Gasteiger partial charge < -0.3 is 18.6 Å². The second kappa shape index (κ2) is 10.0. The molecule has 0 saturated heterocycles. The van der Waals surface area contributed by atoms with Crippen molar-refractivity contribution in [1.29, 1.82) is 0 Å². The summed E-state index contributed by atoms with van der Waals surface area (Å²) in [5, 5.41) is 0.964. The van der Waals surface area contributed by atoms with Gasteiger partial charge in [0.2, 0.25) is 17.0 Å². The number of halogens is 2. The van der Waals surface area contributed by atoms with Crippen molar-refractivity contribution in [1.82, 2.24) is 0 Å². The fraction of sp³-hybridized carbons (Fsp3) is 0.185. The number of aryl methyl sites for hydroxylation is 2. The molecule has 4 rings (SSSR count). The van der Waals surface area contributed by atoms with Crippen LogP contribution < -0.4 is 19.6 Å². The summed E-state index contributed by atoms with van der Waals surface area (Å²) in [6.45, 7) is 3.33. The molecule has 0 atom stereocenters. The summed E-state index contributed by atoms with van der Waals surface area (Å²) in [7, 11) is 3.04. The van der Waals surface area contributed by atoms with Crippen LogP contribution in [0.2, 0.25) is 10.0 Å². The third-order valence-electron chi connectivity index (χ3n) is 5.51. The minimum absolute atomic E-state index is 0.0897. The topological polar surface area (TPSA) is 75.0 Å². The molecule has 0 aliphatic heterocycles. The van der Waals surface area contributed by atoms with E-state index in [9.17, 15) is 9.59 Å². The van der Waals surface area contributed by atoms with Gasteiger partial charge >= 0.3 is 0 Å². The Morgan fingerprint density at radius 3 is 2.37 bits per heavy atom. The summed E-state index contributed by atoms with van der Waals surface area (Å²) in [6.07, 6.45) is 0. The van der Waals surface area contributed by atoms with E-state index in [4.69, 9.17) is 41.8 Å². The number of benzene rings is 3. The Hall–Kier alpha value is -3.48. The van der Waals surface area contributed by atoms with Crippen molar-refractivity contribution >= 4 is 40.0 Å². The van der Waals surface area contributed by atoms with E-state index in [-0.39, 0.29) is 22.1 Å².